The second-order valence-electron chi connectivity index (χ2n) is 4.90. The minimum absolute atomic E-state index is 0.256. The average molecular weight is 324 g/mol. The summed E-state index contributed by atoms with van der Waals surface area (Å²) in [4.78, 5) is 20.6. The van der Waals surface area contributed by atoms with E-state index in [9.17, 15) is 4.79 Å². The van der Waals surface area contributed by atoms with Crippen molar-refractivity contribution in [3.8, 4) is 17.3 Å². The van der Waals surface area contributed by atoms with Crippen LogP contribution in [0.15, 0.2) is 55.2 Å². The number of hydrogen-bond donors (Lipinski definition) is 1. The number of hydrogen-bond acceptors (Lipinski definition) is 5. The normalized spacial score (nSPS) is 10.2. The van der Waals surface area contributed by atoms with Crippen LogP contribution >= 0.6 is 0 Å². The van der Waals surface area contributed by atoms with E-state index in [4.69, 9.17) is 9.47 Å². The second kappa shape index (κ2) is 6.82. The molecular weight excluding hydrogens is 308 g/mol. The van der Waals surface area contributed by atoms with Gasteiger partial charge in [0.05, 0.1) is 26.1 Å². The fourth-order valence-corrected chi connectivity index (χ4v) is 2.19. The van der Waals surface area contributed by atoms with Crippen LogP contribution in [0, 0.1) is 0 Å². The van der Waals surface area contributed by atoms with E-state index in [0.717, 1.165) is 5.82 Å². The smallest absolute Gasteiger partial charge is 0.255 e. The highest BCUT2D eigenvalue weighted by atomic mass is 16.5. The number of nitrogens with one attached hydrogen (secondary N) is 1. The minimum Gasteiger partial charge on any atom is -0.493 e. The first-order chi connectivity index (χ1) is 11.7. The van der Waals surface area contributed by atoms with Gasteiger partial charge in [0.2, 0.25) is 0 Å². The largest absolute Gasteiger partial charge is 0.493 e. The van der Waals surface area contributed by atoms with Gasteiger partial charge in [-0.05, 0) is 30.3 Å². The Morgan fingerprint density at radius 2 is 1.96 bits per heavy atom. The summed E-state index contributed by atoms with van der Waals surface area (Å²) in [7, 11) is 3.07. The summed E-state index contributed by atoms with van der Waals surface area (Å²) in [5, 5.41) is 2.80. The predicted molar refractivity (Wildman–Crippen MR) is 88.9 cm³/mol. The van der Waals surface area contributed by atoms with Crippen molar-refractivity contribution in [3.05, 3.63) is 60.8 Å². The molecule has 2 aromatic heterocycles. The summed E-state index contributed by atoms with van der Waals surface area (Å²) >= 11 is 0. The highest BCUT2D eigenvalue weighted by Crippen LogP contribution is 2.27. The molecule has 0 fully saturated rings. The molecule has 7 nitrogen and oxygen atoms in total. The SMILES string of the molecule is COc1ccc(C(=O)Nc2ccc(-n3ccnc3)nc2)cc1OC. The van der Waals surface area contributed by atoms with Crippen LogP contribution in [-0.2, 0) is 0 Å². The summed E-state index contributed by atoms with van der Waals surface area (Å²) in [6, 6.07) is 8.56. The van der Waals surface area contributed by atoms with Crippen molar-refractivity contribution in [1.29, 1.82) is 0 Å². The lowest BCUT2D eigenvalue weighted by molar-refractivity contribution is 0.102. The van der Waals surface area contributed by atoms with Crippen molar-refractivity contribution in [2.24, 2.45) is 0 Å². The topological polar surface area (TPSA) is 78.3 Å². The third-order valence-electron chi connectivity index (χ3n) is 3.42. The van der Waals surface area contributed by atoms with Crippen LogP contribution in [0.1, 0.15) is 10.4 Å². The number of anilines is 1. The molecule has 0 saturated heterocycles. The lowest BCUT2D eigenvalue weighted by atomic mass is 10.2. The molecule has 0 bridgehead atoms. The second-order valence-corrected chi connectivity index (χ2v) is 4.90. The number of methoxy groups -OCH3 is 2. The molecule has 1 N–H and O–H groups in total. The third-order valence-corrected chi connectivity index (χ3v) is 3.42. The lowest BCUT2D eigenvalue weighted by Gasteiger charge is -2.10. The maximum absolute atomic E-state index is 12.3. The van der Waals surface area contributed by atoms with Crippen LogP contribution < -0.4 is 14.8 Å². The molecule has 1 amide bonds. The number of rotatable bonds is 5. The van der Waals surface area contributed by atoms with Crippen LogP contribution in [0.5, 0.6) is 11.5 Å². The Bertz CT molecular complexity index is 830. The Labute approximate surface area is 138 Å². The Hall–Kier alpha value is -3.35. The molecule has 24 heavy (non-hydrogen) atoms. The van der Waals surface area contributed by atoms with E-state index < -0.39 is 0 Å². The fraction of sp³-hybridized carbons (Fsp3) is 0.118. The van der Waals surface area contributed by atoms with Gasteiger partial charge in [0.1, 0.15) is 12.1 Å². The number of benzene rings is 1. The number of nitrogens with zero attached hydrogens (tertiary/aromatic N) is 3. The monoisotopic (exact) mass is 324 g/mol. The van der Waals surface area contributed by atoms with E-state index in [0.29, 0.717) is 22.7 Å². The first-order valence-electron chi connectivity index (χ1n) is 7.19. The van der Waals surface area contributed by atoms with E-state index in [1.165, 1.54) is 7.11 Å². The standard InChI is InChI=1S/C17H16N4O3/c1-23-14-5-3-12(9-15(14)24-2)17(22)20-13-4-6-16(19-10-13)21-8-7-18-11-21/h3-11H,1-2H3,(H,20,22). The maximum atomic E-state index is 12.3. The van der Waals surface area contributed by atoms with Gasteiger partial charge in [-0.2, -0.15) is 0 Å². The van der Waals surface area contributed by atoms with Crippen molar-refractivity contribution in [2.75, 3.05) is 19.5 Å². The van der Waals surface area contributed by atoms with Gasteiger partial charge in [-0.3, -0.25) is 9.36 Å². The Morgan fingerprint density at radius 3 is 2.58 bits per heavy atom. The summed E-state index contributed by atoms with van der Waals surface area (Å²) < 4.78 is 12.1. The number of amides is 1. The predicted octanol–water partition coefficient (Wildman–Crippen LogP) is 2.54. The van der Waals surface area contributed by atoms with E-state index in [1.54, 1.807) is 66.9 Å². The molecule has 0 atom stereocenters. The van der Waals surface area contributed by atoms with Gasteiger partial charge in [0, 0.05) is 18.0 Å². The molecule has 7 heteroatoms. The molecule has 0 spiro atoms. The van der Waals surface area contributed by atoms with E-state index in [2.05, 4.69) is 15.3 Å². The van der Waals surface area contributed by atoms with E-state index in [-0.39, 0.29) is 5.91 Å². The third kappa shape index (κ3) is 3.19. The van der Waals surface area contributed by atoms with Crippen molar-refractivity contribution in [3.63, 3.8) is 0 Å². The van der Waals surface area contributed by atoms with Crippen LogP contribution in [0.25, 0.3) is 5.82 Å². The Kier molecular flexibility index (Phi) is 4.42. The average Bonchev–Trinajstić information content (AvgIpc) is 3.16. The summed E-state index contributed by atoms with van der Waals surface area (Å²) in [5.41, 5.74) is 1.06. The number of imidazole rings is 1. The molecule has 0 aliphatic carbocycles. The molecule has 3 aromatic rings. The number of ether oxygens (including phenoxy) is 2. The van der Waals surface area contributed by atoms with Gasteiger partial charge in [0.25, 0.3) is 5.91 Å². The van der Waals surface area contributed by atoms with Gasteiger partial charge < -0.3 is 14.8 Å². The number of carbonyl (C=O) groups is 1. The first kappa shape index (κ1) is 15.5. The summed E-state index contributed by atoms with van der Waals surface area (Å²) in [5.74, 6) is 1.53. The van der Waals surface area contributed by atoms with Crippen LogP contribution in [0.2, 0.25) is 0 Å². The molecule has 0 saturated carbocycles. The van der Waals surface area contributed by atoms with Crippen LogP contribution in [0.4, 0.5) is 5.69 Å². The highest BCUT2D eigenvalue weighted by molar-refractivity contribution is 6.04. The zero-order chi connectivity index (χ0) is 16.9. The van der Waals surface area contributed by atoms with Gasteiger partial charge in [0.15, 0.2) is 11.5 Å². The molecule has 2 heterocycles. The molecular formula is C17H16N4O3. The molecule has 0 aliphatic heterocycles. The summed E-state index contributed by atoms with van der Waals surface area (Å²) in [6.45, 7) is 0. The minimum atomic E-state index is -0.256. The molecule has 0 radical (unpaired) electrons. The van der Waals surface area contributed by atoms with Crippen molar-refractivity contribution in [1.82, 2.24) is 14.5 Å². The van der Waals surface area contributed by atoms with Gasteiger partial charge in [-0.15, -0.1) is 0 Å². The Balaban J connectivity index is 1.75. The molecule has 0 unspecified atom stereocenters. The Morgan fingerprint density at radius 1 is 1.12 bits per heavy atom. The van der Waals surface area contributed by atoms with Crippen LogP contribution in [-0.4, -0.2) is 34.7 Å². The van der Waals surface area contributed by atoms with Crippen molar-refractivity contribution < 1.29 is 14.3 Å². The maximum Gasteiger partial charge on any atom is 0.255 e. The zero-order valence-corrected chi connectivity index (χ0v) is 13.3. The molecule has 122 valence electrons. The summed E-state index contributed by atoms with van der Waals surface area (Å²) in [6.07, 6.45) is 6.72. The fourth-order valence-electron chi connectivity index (χ4n) is 2.19. The quantitative estimate of drug-likeness (QED) is 0.780. The molecule has 3 rings (SSSR count). The van der Waals surface area contributed by atoms with Gasteiger partial charge in [-0.25, -0.2) is 9.97 Å². The number of pyridine rings is 1. The van der Waals surface area contributed by atoms with Crippen LogP contribution in [0.3, 0.4) is 0 Å². The molecule has 0 aliphatic rings. The van der Waals surface area contributed by atoms with Gasteiger partial charge in [-0.1, -0.05) is 0 Å². The van der Waals surface area contributed by atoms with E-state index in [1.807, 2.05) is 0 Å². The first-order valence-corrected chi connectivity index (χ1v) is 7.19. The lowest BCUT2D eigenvalue weighted by Crippen LogP contribution is -2.12. The highest BCUT2D eigenvalue weighted by Gasteiger charge is 2.11. The van der Waals surface area contributed by atoms with Crippen molar-refractivity contribution >= 4 is 11.6 Å². The molecule has 1 aromatic carbocycles. The zero-order valence-electron chi connectivity index (χ0n) is 13.3. The number of aromatic nitrogens is 3. The number of carbonyl (C=O) groups excluding carboxylic acids is 1. The van der Waals surface area contributed by atoms with E-state index >= 15 is 0 Å². The van der Waals surface area contributed by atoms with Gasteiger partial charge >= 0.3 is 0 Å². The van der Waals surface area contributed by atoms with Crippen molar-refractivity contribution in [2.45, 2.75) is 0 Å².